The smallest absolute Gasteiger partial charge is 0.309 e. The van der Waals surface area contributed by atoms with Gasteiger partial charge in [0, 0.05) is 23.0 Å². The lowest BCUT2D eigenvalue weighted by Crippen LogP contribution is -2.49. The van der Waals surface area contributed by atoms with E-state index in [0.29, 0.717) is 19.0 Å². The van der Waals surface area contributed by atoms with E-state index >= 15 is 0 Å². The van der Waals surface area contributed by atoms with E-state index in [4.69, 9.17) is 16.3 Å². The zero-order valence-corrected chi connectivity index (χ0v) is 17.2. The Hall–Kier alpha value is -1.34. The maximum atomic E-state index is 11.4. The van der Waals surface area contributed by atoms with Crippen LogP contribution in [0.5, 0.6) is 0 Å². The minimum atomic E-state index is -1.01. The van der Waals surface area contributed by atoms with Crippen LogP contribution in [0.25, 0.3) is 0 Å². The Morgan fingerprint density at radius 2 is 1.96 bits per heavy atom. The molecule has 5 nitrogen and oxygen atoms in total. The van der Waals surface area contributed by atoms with Crippen LogP contribution >= 0.6 is 11.6 Å². The van der Waals surface area contributed by atoms with Crippen molar-refractivity contribution in [2.75, 3.05) is 0 Å². The standard InChI is InChI=1S/C20H28BClN2O3/c1-18(2,25)19(3,4)27-21-15-7-8-16(17(22)11-15)20(26,14-5-6-14)12-24-10-9-23-13-24/h7-11,13-14,21,25-26H,5-6,12H2,1-4H3. The molecule has 1 unspecified atom stereocenters. The maximum absolute atomic E-state index is 11.4. The second-order valence-electron chi connectivity index (χ2n) is 8.61. The summed E-state index contributed by atoms with van der Waals surface area (Å²) in [5.74, 6) is 0.202. The molecule has 1 fully saturated rings. The van der Waals surface area contributed by atoms with Crippen molar-refractivity contribution in [1.29, 1.82) is 0 Å². The molecule has 2 N–H and O–H groups in total. The van der Waals surface area contributed by atoms with Crippen LogP contribution in [-0.2, 0) is 16.8 Å². The molecule has 27 heavy (non-hydrogen) atoms. The van der Waals surface area contributed by atoms with Gasteiger partial charge in [0.1, 0.15) is 5.60 Å². The highest BCUT2D eigenvalue weighted by molar-refractivity contribution is 6.48. The Labute approximate surface area is 166 Å². The fourth-order valence-corrected chi connectivity index (χ4v) is 3.46. The average molecular weight is 391 g/mol. The Balaban J connectivity index is 1.79. The monoisotopic (exact) mass is 390 g/mol. The molecule has 1 aromatic carbocycles. The molecular weight excluding hydrogens is 362 g/mol. The Morgan fingerprint density at radius 1 is 1.26 bits per heavy atom. The first-order chi connectivity index (χ1) is 12.5. The number of imidazole rings is 1. The van der Waals surface area contributed by atoms with E-state index in [1.807, 2.05) is 42.8 Å². The molecule has 7 heteroatoms. The summed E-state index contributed by atoms with van der Waals surface area (Å²) >= 11 is 6.58. The summed E-state index contributed by atoms with van der Waals surface area (Å²) in [5.41, 5.74) is -1.03. The van der Waals surface area contributed by atoms with E-state index < -0.39 is 16.8 Å². The molecule has 0 aliphatic heterocycles. The highest BCUT2D eigenvalue weighted by Crippen LogP contribution is 2.48. The number of aromatic nitrogens is 2. The molecule has 1 atom stereocenters. The third-order valence-corrected chi connectivity index (χ3v) is 6.12. The van der Waals surface area contributed by atoms with Gasteiger partial charge in [-0.15, -0.1) is 0 Å². The normalized spacial score (nSPS) is 17.6. The van der Waals surface area contributed by atoms with Crippen molar-refractivity contribution in [3.8, 4) is 0 Å². The van der Waals surface area contributed by atoms with Crippen molar-refractivity contribution >= 4 is 24.5 Å². The number of halogens is 1. The first-order valence-corrected chi connectivity index (χ1v) is 9.74. The number of aliphatic hydroxyl groups is 2. The van der Waals surface area contributed by atoms with E-state index in [2.05, 4.69) is 4.98 Å². The number of hydrogen-bond donors (Lipinski definition) is 2. The summed E-state index contributed by atoms with van der Waals surface area (Å²) in [5, 5.41) is 22.2. The van der Waals surface area contributed by atoms with Crippen LogP contribution in [-0.4, -0.2) is 38.4 Å². The third-order valence-electron chi connectivity index (χ3n) is 5.81. The zero-order chi connectivity index (χ0) is 19.9. The van der Waals surface area contributed by atoms with E-state index in [1.54, 1.807) is 26.4 Å². The van der Waals surface area contributed by atoms with Crippen LogP contribution in [0.15, 0.2) is 36.9 Å². The first kappa shape index (κ1) is 20.4. The van der Waals surface area contributed by atoms with Crippen LogP contribution in [0.1, 0.15) is 46.1 Å². The summed E-state index contributed by atoms with van der Waals surface area (Å²) in [6, 6.07) is 5.68. The van der Waals surface area contributed by atoms with E-state index in [1.165, 1.54) is 0 Å². The van der Waals surface area contributed by atoms with Gasteiger partial charge < -0.3 is 19.4 Å². The molecule has 0 radical (unpaired) electrons. The number of nitrogens with zero attached hydrogens (tertiary/aromatic N) is 2. The van der Waals surface area contributed by atoms with Gasteiger partial charge >= 0.3 is 7.48 Å². The Morgan fingerprint density at radius 3 is 2.48 bits per heavy atom. The van der Waals surface area contributed by atoms with Crippen molar-refractivity contribution in [3.63, 3.8) is 0 Å². The van der Waals surface area contributed by atoms with Crippen molar-refractivity contribution < 1.29 is 14.9 Å². The number of hydrogen-bond acceptors (Lipinski definition) is 4. The maximum Gasteiger partial charge on any atom is 0.309 e. The van der Waals surface area contributed by atoms with Crippen LogP contribution < -0.4 is 5.46 Å². The quantitative estimate of drug-likeness (QED) is 0.679. The summed E-state index contributed by atoms with van der Waals surface area (Å²) in [7, 11) is 0.334. The van der Waals surface area contributed by atoms with Crippen molar-refractivity contribution in [2.24, 2.45) is 5.92 Å². The number of rotatable bonds is 8. The predicted octanol–water partition coefficient (Wildman–Crippen LogP) is 2.38. The summed E-state index contributed by atoms with van der Waals surface area (Å²) in [4.78, 5) is 4.07. The lowest BCUT2D eigenvalue weighted by molar-refractivity contribution is -0.0893. The van der Waals surface area contributed by atoms with Gasteiger partial charge in [-0.1, -0.05) is 29.2 Å². The van der Waals surface area contributed by atoms with Crippen molar-refractivity contribution in [2.45, 2.75) is 63.9 Å². The fourth-order valence-electron chi connectivity index (χ4n) is 3.09. The van der Waals surface area contributed by atoms with E-state index in [-0.39, 0.29) is 5.92 Å². The zero-order valence-electron chi connectivity index (χ0n) is 16.4. The van der Waals surface area contributed by atoms with Crippen molar-refractivity contribution in [3.05, 3.63) is 47.5 Å². The topological polar surface area (TPSA) is 67.5 Å². The summed E-state index contributed by atoms with van der Waals surface area (Å²) in [6.45, 7) is 7.61. The Kier molecular flexibility index (Phi) is 5.47. The highest BCUT2D eigenvalue weighted by atomic mass is 35.5. The second-order valence-corrected chi connectivity index (χ2v) is 9.01. The molecule has 3 rings (SSSR count). The molecule has 0 amide bonds. The molecule has 0 bridgehead atoms. The SMILES string of the molecule is CC(C)(O)C(C)(C)OBc1ccc(C(O)(Cn2ccnc2)C2CC2)c(Cl)c1. The second kappa shape index (κ2) is 7.24. The molecule has 1 aliphatic carbocycles. The average Bonchev–Trinajstić information content (AvgIpc) is 3.31. The predicted molar refractivity (Wildman–Crippen MR) is 109 cm³/mol. The van der Waals surface area contributed by atoms with Gasteiger partial charge in [0.05, 0.1) is 24.1 Å². The lowest BCUT2D eigenvalue weighted by Gasteiger charge is -2.37. The van der Waals surface area contributed by atoms with Gasteiger partial charge in [0.15, 0.2) is 0 Å². The number of benzene rings is 1. The van der Waals surface area contributed by atoms with Crippen molar-refractivity contribution in [1.82, 2.24) is 9.55 Å². The summed E-state index contributed by atoms with van der Waals surface area (Å²) in [6.07, 6.45) is 7.25. The summed E-state index contributed by atoms with van der Waals surface area (Å²) < 4.78 is 7.81. The molecule has 0 spiro atoms. The third kappa shape index (κ3) is 4.40. The molecule has 1 heterocycles. The fraction of sp³-hybridized carbons (Fsp3) is 0.550. The van der Waals surface area contributed by atoms with Gasteiger partial charge in [-0.25, -0.2) is 4.98 Å². The lowest BCUT2D eigenvalue weighted by atomic mass is 9.80. The van der Waals surface area contributed by atoms with Gasteiger partial charge in [-0.05, 0) is 52.5 Å². The molecular formula is C20H28BClN2O3. The van der Waals surface area contributed by atoms with Crippen LogP contribution in [0.2, 0.25) is 5.02 Å². The largest absolute Gasteiger partial charge is 0.427 e. The van der Waals surface area contributed by atoms with Crippen LogP contribution in [0, 0.1) is 5.92 Å². The van der Waals surface area contributed by atoms with Gasteiger partial charge in [-0.2, -0.15) is 0 Å². The Bertz CT molecular complexity index is 785. The van der Waals surface area contributed by atoms with Gasteiger partial charge in [-0.3, -0.25) is 0 Å². The van der Waals surface area contributed by atoms with E-state index in [0.717, 1.165) is 23.9 Å². The minimum absolute atomic E-state index is 0.202. The molecule has 1 aliphatic rings. The van der Waals surface area contributed by atoms with Crippen LogP contribution in [0.3, 0.4) is 0 Å². The van der Waals surface area contributed by atoms with E-state index in [9.17, 15) is 10.2 Å². The molecule has 146 valence electrons. The molecule has 0 saturated heterocycles. The first-order valence-electron chi connectivity index (χ1n) is 9.36. The highest BCUT2D eigenvalue weighted by Gasteiger charge is 2.46. The molecule has 2 aromatic rings. The van der Waals surface area contributed by atoms with Crippen LogP contribution in [0.4, 0.5) is 0 Å². The minimum Gasteiger partial charge on any atom is -0.427 e. The van der Waals surface area contributed by atoms with Gasteiger partial charge in [0.25, 0.3) is 0 Å². The molecule has 1 aromatic heterocycles. The van der Waals surface area contributed by atoms with Gasteiger partial charge in [0.2, 0.25) is 0 Å². The molecule has 1 saturated carbocycles.